The molecule has 1 aromatic heterocycles. The van der Waals surface area contributed by atoms with E-state index in [0.717, 1.165) is 0 Å². The maximum absolute atomic E-state index is 11.8. The Labute approximate surface area is 98.3 Å². The van der Waals surface area contributed by atoms with E-state index in [0.29, 0.717) is 16.9 Å². The van der Waals surface area contributed by atoms with Crippen molar-refractivity contribution in [3.8, 4) is 6.07 Å². The molecule has 0 saturated carbocycles. The quantitative estimate of drug-likeness (QED) is 0.844. The largest absolute Gasteiger partial charge is 0.305 e. The first-order valence-corrected chi connectivity index (χ1v) is 5.00. The summed E-state index contributed by atoms with van der Waals surface area (Å²) in [6.45, 7) is 0. The van der Waals surface area contributed by atoms with Crippen molar-refractivity contribution in [1.82, 2.24) is 9.78 Å². The summed E-state index contributed by atoms with van der Waals surface area (Å²) in [7, 11) is 1.77. The Hall–Kier alpha value is -2.61. The highest BCUT2D eigenvalue weighted by atomic mass is 16.1. The first-order valence-electron chi connectivity index (χ1n) is 5.00. The molecule has 2 rings (SSSR count). The Balaban J connectivity index is 2.17. The van der Waals surface area contributed by atoms with Crippen LogP contribution in [0, 0.1) is 11.3 Å². The minimum absolute atomic E-state index is 0.277. The molecule has 1 amide bonds. The molecule has 1 aromatic carbocycles. The van der Waals surface area contributed by atoms with Crippen LogP contribution in [-0.2, 0) is 7.05 Å². The van der Waals surface area contributed by atoms with Crippen molar-refractivity contribution in [2.24, 2.45) is 7.05 Å². The average molecular weight is 226 g/mol. The van der Waals surface area contributed by atoms with E-state index < -0.39 is 0 Å². The van der Waals surface area contributed by atoms with Gasteiger partial charge >= 0.3 is 0 Å². The normalized spacial score (nSPS) is 9.65. The smallest absolute Gasteiger partial charge is 0.256 e. The SMILES string of the molecule is Cn1ccc(NC(=O)c2cccc(C#N)c2)n1. The van der Waals surface area contributed by atoms with E-state index in [-0.39, 0.29) is 5.91 Å². The zero-order valence-electron chi connectivity index (χ0n) is 9.21. The lowest BCUT2D eigenvalue weighted by Gasteiger charge is -2.01. The number of nitrogens with zero attached hydrogens (tertiary/aromatic N) is 3. The van der Waals surface area contributed by atoms with Gasteiger partial charge in [0.25, 0.3) is 5.91 Å². The molecule has 0 unspecified atom stereocenters. The number of carbonyl (C=O) groups excluding carboxylic acids is 1. The number of hydrogen-bond acceptors (Lipinski definition) is 3. The minimum Gasteiger partial charge on any atom is -0.305 e. The van der Waals surface area contributed by atoms with Gasteiger partial charge in [0.15, 0.2) is 5.82 Å². The zero-order chi connectivity index (χ0) is 12.3. The van der Waals surface area contributed by atoms with E-state index in [1.54, 1.807) is 42.2 Å². The molecule has 0 fully saturated rings. The molecule has 1 N–H and O–H groups in total. The number of rotatable bonds is 2. The Morgan fingerprint density at radius 3 is 2.94 bits per heavy atom. The fraction of sp³-hybridized carbons (Fsp3) is 0.0833. The van der Waals surface area contributed by atoms with Crippen LogP contribution in [0.1, 0.15) is 15.9 Å². The monoisotopic (exact) mass is 226 g/mol. The summed E-state index contributed by atoms with van der Waals surface area (Å²) in [5, 5.41) is 15.4. The minimum atomic E-state index is -0.277. The van der Waals surface area contributed by atoms with Gasteiger partial charge in [0.1, 0.15) is 0 Å². The molecule has 2 aromatic rings. The Kier molecular flexibility index (Phi) is 2.88. The molecular formula is C12H10N4O. The number of carbonyl (C=O) groups is 1. The molecule has 0 bridgehead atoms. The molecule has 84 valence electrons. The van der Waals surface area contributed by atoms with Crippen molar-refractivity contribution < 1.29 is 4.79 Å². The summed E-state index contributed by atoms with van der Waals surface area (Å²) in [5.74, 6) is 0.209. The Morgan fingerprint density at radius 1 is 1.47 bits per heavy atom. The van der Waals surface area contributed by atoms with Gasteiger partial charge in [-0.15, -0.1) is 0 Å². The molecule has 17 heavy (non-hydrogen) atoms. The molecular weight excluding hydrogens is 216 g/mol. The van der Waals surface area contributed by atoms with E-state index in [4.69, 9.17) is 5.26 Å². The molecule has 0 radical (unpaired) electrons. The lowest BCUT2D eigenvalue weighted by atomic mass is 10.1. The number of nitriles is 1. The highest BCUT2D eigenvalue weighted by molar-refractivity contribution is 6.03. The van der Waals surface area contributed by atoms with E-state index >= 15 is 0 Å². The summed E-state index contributed by atoms with van der Waals surface area (Å²) in [6.07, 6.45) is 1.74. The van der Waals surface area contributed by atoms with Crippen LogP contribution in [0.25, 0.3) is 0 Å². The molecule has 0 saturated heterocycles. The van der Waals surface area contributed by atoms with Crippen LogP contribution in [0.3, 0.4) is 0 Å². The summed E-state index contributed by atoms with van der Waals surface area (Å²) in [4.78, 5) is 11.8. The van der Waals surface area contributed by atoms with Crippen LogP contribution in [-0.4, -0.2) is 15.7 Å². The van der Waals surface area contributed by atoms with Crippen molar-refractivity contribution in [3.63, 3.8) is 0 Å². The topological polar surface area (TPSA) is 70.7 Å². The van der Waals surface area contributed by atoms with Crippen LogP contribution < -0.4 is 5.32 Å². The van der Waals surface area contributed by atoms with E-state index in [1.165, 1.54) is 6.07 Å². The van der Waals surface area contributed by atoms with Crippen molar-refractivity contribution in [1.29, 1.82) is 5.26 Å². The van der Waals surface area contributed by atoms with Crippen LogP contribution in [0.5, 0.6) is 0 Å². The van der Waals surface area contributed by atoms with Crippen LogP contribution in [0.2, 0.25) is 0 Å². The highest BCUT2D eigenvalue weighted by Gasteiger charge is 2.07. The highest BCUT2D eigenvalue weighted by Crippen LogP contribution is 2.08. The predicted molar refractivity (Wildman–Crippen MR) is 62.3 cm³/mol. The van der Waals surface area contributed by atoms with Gasteiger partial charge in [0, 0.05) is 24.9 Å². The average Bonchev–Trinajstić information content (AvgIpc) is 2.75. The third-order valence-corrected chi connectivity index (χ3v) is 2.21. The molecule has 5 heteroatoms. The molecule has 1 heterocycles. The standard InChI is InChI=1S/C12H10N4O/c1-16-6-5-11(15-16)14-12(17)10-4-2-3-9(7-10)8-13/h2-7H,1H3,(H,14,15,17). The Bertz CT molecular complexity index is 595. The molecule has 0 spiro atoms. The number of hydrogen-bond donors (Lipinski definition) is 1. The fourth-order valence-electron chi connectivity index (χ4n) is 1.40. The van der Waals surface area contributed by atoms with Crippen molar-refractivity contribution in [3.05, 3.63) is 47.7 Å². The fourth-order valence-corrected chi connectivity index (χ4v) is 1.40. The van der Waals surface area contributed by atoms with Gasteiger partial charge in [0.2, 0.25) is 0 Å². The van der Waals surface area contributed by atoms with Gasteiger partial charge in [-0.25, -0.2) is 0 Å². The summed E-state index contributed by atoms with van der Waals surface area (Å²) < 4.78 is 1.60. The number of aromatic nitrogens is 2. The zero-order valence-corrected chi connectivity index (χ0v) is 9.21. The third-order valence-electron chi connectivity index (χ3n) is 2.21. The lowest BCUT2D eigenvalue weighted by Crippen LogP contribution is -2.12. The molecule has 0 aliphatic rings. The van der Waals surface area contributed by atoms with E-state index in [1.807, 2.05) is 6.07 Å². The van der Waals surface area contributed by atoms with Gasteiger partial charge in [0.05, 0.1) is 11.6 Å². The van der Waals surface area contributed by atoms with Crippen molar-refractivity contribution in [2.45, 2.75) is 0 Å². The van der Waals surface area contributed by atoms with E-state index in [2.05, 4.69) is 10.4 Å². The van der Waals surface area contributed by atoms with Crippen LogP contribution in [0.4, 0.5) is 5.82 Å². The first-order chi connectivity index (χ1) is 8.19. The van der Waals surface area contributed by atoms with Gasteiger partial charge in [-0.05, 0) is 18.2 Å². The Morgan fingerprint density at radius 2 is 2.29 bits per heavy atom. The van der Waals surface area contributed by atoms with Gasteiger partial charge in [-0.3, -0.25) is 9.48 Å². The number of amides is 1. The molecule has 5 nitrogen and oxygen atoms in total. The molecule has 0 aliphatic carbocycles. The first kappa shape index (κ1) is 10.9. The van der Waals surface area contributed by atoms with Crippen LogP contribution >= 0.6 is 0 Å². The van der Waals surface area contributed by atoms with Gasteiger partial charge in [-0.2, -0.15) is 10.4 Å². The van der Waals surface area contributed by atoms with Gasteiger partial charge < -0.3 is 5.32 Å². The van der Waals surface area contributed by atoms with E-state index in [9.17, 15) is 4.79 Å². The summed E-state index contributed by atoms with van der Waals surface area (Å²) >= 11 is 0. The maximum atomic E-state index is 11.8. The van der Waals surface area contributed by atoms with Crippen molar-refractivity contribution >= 4 is 11.7 Å². The van der Waals surface area contributed by atoms with Gasteiger partial charge in [-0.1, -0.05) is 6.07 Å². The molecule has 0 atom stereocenters. The summed E-state index contributed by atoms with van der Waals surface area (Å²) in [6, 6.07) is 10.2. The van der Waals surface area contributed by atoms with Crippen molar-refractivity contribution in [2.75, 3.05) is 5.32 Å². The predicted octanol–water partition coefficient (Wildman–Crippen LogP) is 1.54. The maximum Gasteiger partial charge on any atom is 0.256 e. The van der Waals surface area contributed by atoms with Crippen LogP contribution in [0.15, 0.2) is 36.5 Å². The number of benzene rings is 1. The number of aryl methyl sites for hydroxylation is 1. The molecule has 0 aliphatic heterocycles. The number of nitrogens with one attached hydrogen (secondary N) is 1. The second-order valence-corrected chi connectivity index (χ2v) is 3.52. The third kappa shape index (κ3) is 2.49. The summed E-state index contributed by atoms with van der Waals surface area (Å²) in [5.41, 5.74) is 0.897. The number of anilines is 1. The second-order valence-electron chi connectivity index (χ2n) is 3.52. The lowest BCUT2D eigenvalue weighted by molar-refractivity contribution is 0.102. The second kappa shape index (κ2) is 4.49.